The van der Waals surface area contributed by atoms with Gasteiger partial charge in [-0.1, -0.05) is 12.1 Å². The average Bonchev–Trinajstić information content (AvgIpc) is 2.41. The maximum absolute atomic E-state index is 10.9. The summed E-state index contributed by atoms with van der Waals surface area (Å²) in [5, 5.41) is 18.0. The van der Waals surface area contributed by atoms with Crippen molar-refractivity contribution in [3.05, 3.63) is 53.6 Å². The van der Waals surface area contributed by atoms with E-state index in [0.29, 0.717) is 17.0 Å². The number of carboxylic acid groups (broad SMARTS) is 1. The van der Waals surface area contributed by atoms with Crippen molar-refractivity contribution in [3.63, 3.8) is 0 Å². The Bertz CT molecular complexity index is 610. The molecule has 0 atom stereocenters. The maximum Gasteiger partial charge on any atom is 0.335 e. The number of carbonyl (C=O) groups is 1. The van der Waals surface area contributed by atoms with Crippen LogP contribution in [-0.4, -0.2) is 16.2 Å². The summed E-state index contributed by atoms with van der Waals surface area (Å²) in [6, 6.07) is 11.1. The highest BCUT2D eigenvalue weighted by Gasteiger charge is 2.08. The smallest absolute Gasteiger partial charge is 0.335 e. The molecule has 5 nitrogen and oxygen atoms in total. The quantitative estimate of drug-likeness (QED) is 0.732. The number of nitrogens with two attached hydrogens (primary N) is 1. The molecule has 2 aromatic rings. The lowest BCUT2D eigenvalue weighted by atomic mass is 10.2. The van der Waals surface area contributed by atoms with E-state index in [0.717, 1.165) is 0 Å². The number of rotatable bonds is 4. The Hall–Kier alpha value is -2.53. The maximum atomic E-state index is 10.9. The van der Waals surface area contributed by atoms with Crippen LogP contribution in [-0.2, 0) is 6.61 Å². The highest BCUT2D eigenvalue weighted by Crippen LogP contribution is 2.29. The van der Waals surface area contributed by atoms with Crippen molar-refractivity contribution in [2.24, 2.45) is 0 Å². The summed E-state index contributed by atoms with van der Waals surface area (Å²) < 4.78 is 5.54. The van der Waals surface area contributed by atoms with E-state index in [1.807, 2.05) is 0 Å². The third-order valence-corrected chi connectivity index (χ3v) is 2.57. The molecule has 0 fully saturated rings. The highest BCUT2D eigenvalue weighted by molar-refractivity contribution is 5.89. The van der Waals surface area contributed by atoms with E-state index >= 15 is 0 Å². The number of carboxylic acids is 1. The van der Waals surface area contributed by atoms with Crippen LogP contribution in [0, 0.1) is 0 Å². The number of nitrogen functional groups attached to an aromatic ring is 1. The van der Waals surface area contributed by atoms with Gasteiger partial charge in [0.15, 0.2) is 5.75 Å². The first-order chi connectivity index (χ1) is 9.10. The lowest BCUT2D eigenvalue weighted by Gasteiger charge is -2.10. The van der Waals surface area contributed by atoms with Crippen LogP contribution in [0.2, 0.25) is 0 Å². The summed E-state index contributed by atoms with van der Waals surface area (Å²) in [6.45, 7) is -0.0954. The lowest BCUT2D eigenvalue weighted by molar-refractivity contribution is 0.0696. The molecule has 19 heavy (non-hydrogen) atoms. The Morgan fingerprint density at radius 3 is 2.68 bits per heavy atom. The van der Waals surface area contributed by atoms with Gasteiger partial charge in [0.05, 0.1) is 17.9 Å². The van der Waals surface area contributed by atoms with E-state index in [9.17, 15) is 4.79 Å². The van der Waals surface area contributed by atoms with Crippen LogP contribution < -0.4 is 10.5 Å². The van der Waals surface area contributed by atoms with Crippen molar-refractivity contribution in [3.8, 4) is 11.5 Å². The van der Waals surface area contributed by atoms with E-state index in [-0.39, 0.29) is 17.9 Å². The van der Waals surface area contributed by atoms with Gasteiger partial charge in [-0.05, 0) is 35.9 Å². The topological polar surface area (TPSA) is 92.8 Å². The van der Waals surface area contributed by atoms with Crippen molar-refractivity contribution < 1.29 is 19.7 Å². The Labute approximate surface area is 109 Å². The molecule has 2 aromatic carbocycles. The van der Waals surface area contributed by atoms with Gasteiger partial charge in [-0.25, -0.2) is 4.79 Å². The molecule has 0 saturated heterocycles. The number of anilines is 1. The summed E-state index contributed by atoms with van der Waals surface area (Å²) >= 11 is 0. The highest BCUT2D eigenvalue weighted by atomic mass is 16.5. The molecule has 0 amide bonds. The predicted molar refractivity (Wildman–Crippen MR) is 70.3 cm³/mol. The summed E-state index contributed by atoms with van der Waals surface area (Å²) in [6.07, 6.45) is 0. The normalized spacial score (nSPS) is 10.2. The van der Waals surface area contributed by atoms with Gasteiger partial charge in [-0.3, -0.25) is 0 Å². The molecule has 0 aliphatic heterocycles. The van der Waals surface area contributed by atoms with Gasteiger partial charge in [0.25, 0.3) is 0 Å². The second kappa shape index (κ2) is 5.41. The molecule has 4 N–H and O–H groups in total. The second-order valence-electron chi connectivity index (χ2n) is 3.97. The molecular weight excluding hydrogens is 246 g/mol. The fraction of sp³-hybridized carbons (Fsp3) is 0.0714. The molecule has 0 aliphatic carbocycles. The monoisotopic (exact) mass is 259 g/mol. The summed E-state index contributed by atoms with van der Waals surface area (Å²) in [7, 11) is 0. The van der Waals surface area contributed by atoms with Crippen molar-refractivity contribution in [2.75, 3.05) is 5.73 Å². The minimum absolute atomic E-state index is 0.0954. The molecule has 0 aliphatic rings. The van der Waals surface area contributed by atoms with Gasteiger partial charge in [-0.15, -0.1) is 0 Å². The van der Waals surface area contributed by atoms with E-state index in [1.165, 1.54) is 18.2 Å². The molecule has 0 aromatic heterocycles. The molecule has 0 spiro atoms. The lowest BCUT2D eigenvalue weighted by Crippen LogP contribution is -1.99. The number of ether oxygens (including phenoxy) is 1. The van der Waals surface area contributed by atoms with Gasteiger partial charge in [0.1, 0.15) is 5.75 Å². The molecule has 0 saturated carbocycles. The molecule has 0 radical (unpaired) electrons. The number of benzene rings is 2. The fourth-order valence-corrected chi connectivity index (χ4v) is 1.59. The summed E-state index contributed by atoms with van der Waals surface area (Å²) in [4.78, 5) is 10.9. The van der Waals surface area contributed by atoms with Crippen LogP contribution in [0.4, 0.5) is 5.69 Å². The largest absolute Gasteiger partial charge is 0.478 e. The third-order valence-electron chi connectivity index (χ3n) is 2.57. The minimum atomic E-state index is -1.05. The zero-order chi connectivity index (χ0) is 13.8. The van der Waals surface area contributed by atoms with Gasteiger partial charge < -0.3 is 20.7 Å². The summed E-state index contributed by atoms with van der Waals surface area (Å²) in [5.41, 5.74) is 6.89. The van der Waals surface area contributed by atoms with Crippen molar-refractivity contribution in [1.82, 2.24) is 0 Å². The third kappa shape index (κ3) is 3.02. The van der Waals surface area contributed by atoms with Gasteiger partial charge >= 0.3 is 5.97 Å². The number of aliphatic hydroxyl groups excluding tert-OH is 1. The average molecular weight is 259 g/mol. The van der Waals surface area contributed by atoms with E-state index in [2.05, 4.69) is 0 Å². The van der Waals surface area contributed by atoms with Gasteiger partial charge in [0.2, 0.25) is 0 Å². The first kappa shape index (κ1) is 12.9. The van der Waals surface area contributed by atoms with Crippen molar-refractivity contribution in [2.45, 2.75) is 6.61 Å². The zero-order valence-electron chi connectivity index (χ0n) is 10.0. The number of aromatic carboxylic acids is 1. The second-order valence-corrected chi connectivity index (χ2v) is 3.97. The fourth-order valence-electron chi connectivity index (χ4n) is 1.59. The standard InChI is InChI=1S/C14H13NO4/c15-12-5-4-10(14(17)18)7-13(12)19-11-3-1-2-9(6-11)8-16/h1-7,16H,8,15H2,(H,17,18). The Kier molecular flexibility index (Phi) is 3.68. The molecule has 0 bridgehead atoms. The van der Waals surface area contributed by atoms with Gasteiger partial charge in [0, 0.05) is 0 Å². The van der Waals surface area contributed by atoms with Gasteiger partial charge in [-0.2, -0.15) is 0 Å². The summed E-state index contributed by atoms with van der Waals surface area (Å²) in [5.74, 6) is -0.287. The van der Waals surface area contributed by atoms with E-state index in [4.69, 9.17) is 20.7 Å². The SMILES string of the molecule is Nc1ccc(C(=O)O)cc1Oc1cccc(CO)c1. The zero-order valence-corrected chi connectivity index (χ0v) is 10.0. The minimum Gasteiger partial charge on any atom is -0.478 e. The number of aliphatic hydroxyl groups is 1. The first-order valence-electron chi connectivity index (χ1n) is 5.60. The molecule has 5 heteroatoms. The Morgan fingerprint density at radius 1 is 1.21 bits per heavy atom. The molecule has 98 valence electrons. The molecule has 2 rings (SSSR count). The van der Waals surface area contributed by atoms with Crippen LogP contribution in [0.1, 0.15) is 15.9 Å². The van der Waals surface area contributed by atoms with Crippen LogP contribution >= 0.6 is 0 Å². The van der Waals surface area contributed by atoms with Crippen LogP contribution in [0.15, 0.2) is 42.5 Å². The van der Waals surface area contributed by atoms with Crippen LogP contribution in [0.25, 0.3) is 0 Å². The molecular formula is C14H13NO4. The van der Waals surface area contributed by atoms with Crippen LogP contribution in [0.5, 0.6) is 11.5 Å². The van der Waals surface area contributed by atoms with E-state index in [1.54, 1.807) is 24.3 Å². The number of hydrogen-bond acceptors (Lipinski definition) is 4. The van der Waals surface area contributed by atoms with Crippen molar-refractivity contribution in [1.29, 1.82) is 0 Å². The Balaban J connectivity index is 2.31. The number of hydrogen-bond donors (Lipinski definition) is 3. The predicted octanol–water partition coefficient (Wildman–Crippen LogP) is 2.25. The van der Waals surface area contributed by atoms with E-state index < -0.39 is 5.97 Å². The Morgan fingerprint density at radius 2 is 2.00 bits per heavy atom. The first-order valence-corrected chi connectivity index (χ1v) is 5.60. The molecule has 0 unspecified atom stereocenters. The van der Waals surface area contributed by atoms with Crippen LogP contribution in [0.3, 0.4) is 0 Å². The van der Waals surface area contributed by atoms with Crippen molar-refractivity contribution >= 4 is 11.7 Å². The molecule has 0 heterocycles.